The molecule has 1 saturated carbocycles. The van der Waals surface area contributed by atoms with E-state index in [1.807, 2.05) is 30.3 Å². The molecule has 0 radical (unpaired) electrons. The van der Waals surface area contributed by atoms with Crippen LogP contribution in [0.15, 0.2) is 48.5 Å². The number of esters is 1. The maximum Gasteiger partial charge on any atom is 0.338 e. The van der Waals surface area contributed by atoms with Gasteiger partial charge < -0.3 is 14.8 Å². The number of carbonyl (C=O) groups excluding carboxylic acids is 2. The van der Waals surface area contributed by atoms with E-state index in [1.165, 1.54) is 0 Å². The van der Waals surface area contributed by atoms with Gasteiger partial charge >= 0.3 is 5.97 Å². The summed E-state index contributed by atoms with van der Waals surface area (Å²) in [4.78, 5) is 24.5. The van der Waals surface area contributed by atoms with Crippen molar-refractivity contribution in [2.45, 2.75) is 25.3 Å². The number of carbonyl (C=O) groups is 2. The molecular formula is C21H21NO4. The Morgan fingerprint density at radius 3 is 2.73 bits per heavy atom. The van der Waals surface area contributed by atoms with Crippen molar-refractivity contribution in [3.63, 3.8) is 0 Å². The zero-order valence-electron chi connectivity index (χ0n) is 14.4. The second-order valence-corrected chi connectivity index (χ2v) is 6.79. The second kappa shape index (κ2) is 7.20. The molecule has 2 aliphatic rings. The molecule has 1 aliphatic carbocycles. The van der Waals surface area contributed by atoms with Crippen LogP contribution in [0.1, 0.15) is 40.4 Å². The van der Waals surface area contributed by atoms with Crippen molar-refractivity contribution in [2.75, 3.05) is 13.2 Å². The van der Waals surface area contributed by atoms with Gasteiger partial charge in [-0.1, -0.05) is 30.3 Å². The van der Waals surface area contributed by atoms with Crippen LogP contribution in [-0.4, -0.2) is 25.1 Å². The summed E-state index contributed by atoms with van der Waals surface area (Å²) in [7, 11) is 0. The van der Waals surface area contributed by atoms with Crippen molar-refractivity contribution >= 4 is 11.9 Å². The number of amides is 1. The fourth-order valence-electron chi connectivity index (χ4n) is 3.31. The highest BCUT2D eigenvalue weighted by atomic mass is 16.5. The summed E-state index contributed by atoms with van der Waals surface area (Å²) in [5.41, 5.74) is 2.54. The minimum absolute atomic E-state index is 0.0143. The summed E-state index contributed by atoms with van der Waals surface area (Å²) in [6.07, 6.45) is 3.00. The van der Waals surface area contributed by atoms with Crippen LogP contribution in [0.25, 0.3) is 0 Å². The van der Waals surface area contributed by atoms with E-state index >= 15 is 0 Å². The first-order valence-electron chi connectivity index (χ1n) is 8.98. The van der Waals surface area contributed by atoms with Crippen LogP contribution in [0.5, 0.6) is 5.75 Å². The fourth-order valence-corrected chi connectivity index (χ4v) is 3.31. The third-order valence-electron chi connectivity index (χ3n) is 4.83. The first-order valence-corrected chi connectivity index (χ1v) is 8.98. The summed E-state index contributed by atoms with van der Waals surface area (Å²) in [6, 6.07) is 15.1. The first-order chi connectivity index (χ1) is 12.7. The van der Waals surface area contributed by atoms with E-state index in [0.717, 1.165) is 36.1 Å². The minimum atomic E-state index is -0.488. The zero-order chi connectivity index (χ0) is 17.9. The average Bonchev–Trinajstić information content (AvgIpc) is 3.41. The Bertz CT molecular complexity index is 814. The van der Waals surface area contributed by atoms with Crippen LogP contribution in [0, 0.1) is 5.92 Å². The van der Waals surface area contributed by atoms with E-state index in [2.05, 4.69) is 5.32 Å². The van der Waals surface area contributed by atoms with Gasteiger partial charge in [-0.05, 0) is 48.1 Å². The lowest BCUT2D eigenvalue weighted by Gasteiger charge is -2.18. The molecule has 1 N–H and O–H groups in total. The van der Waals surface area contributed by atoms with Crippen molar-refractivity contribution in [2.24, 2.45) is 5.92 Å². The van der Waals surface area contributed by atoms with Crippen LogP contribution in [0.4, 0.5) is 0 Å². The first kappa shape index (κ1) is 16.6. The van der Waals surface area contributed by atoms with E-state index < -0.39 is 5.97 Å². The van der Waals surface area contributed by atoms with Gasteiger partial charge in [-0.2, -0.15) is 0 Å². The number of hydrogen-bond donors (Lipinski definition) is 1. The smallest absolute Gasteiger partial charge is 0.338 e. The van der Waals surface area contributed by atoms with Crippen molar-refractivity contribution in [1.82, 2.24) is 5.32 Å². The molecular weight excluding hydrogens is 330 g/mol. The van der Waals surface area contributed by atoms with Gasteiger partial charge in [0.2, 0.25) is 0 Å². The topological polar surface area (TPSA) is 64.6 Å². The number of hydrogen-bond acceptors (Lipinski definition) is 4. The Kier molecular flexibility index (Phi) is 4.61. The summed E-state index contributed by atoms with van der Waals surface area (Å²) in [5.74, 6) is 0.518. The van der Waals surface area contributed by atoms with E-state index in [4.69, 9.17) is 9.47 Å². The summed E-state index contributed by atoms with van der Waals surface area (Å²) < 4.78 is 10.6. The van der Waals surface area contributed by atoms with Crippen LogP contribution >= 0.6 is 0 Å². The minimum Gasteiger partial charge on any atom is -0.493 e. The van der Waals surface area contributed by atoms with Gasteiger partial charge in [-0.3, -0.25) is 4.79 Å². The van der Waals surface area contributed by atoms with Crippen molar-refractivity contribution in [3.8, 4) is 5.75 Å². The van der Waals surface area contributed by atoms with Crippen molar-refractivity contribution < 1.29 is 19.1 Å². The summed E-state index contributed by atoms with van der Waals surface area (Å²) >= 11 is 0. The highest BCUT2D eigenvalue weighted by molar-refractivity contribution is 5.91. The Hall–Kier alpha value is -2.82. The van der Waals surface area contributed by atoms with Gasteiger partial charge in [0.15, 0.2) is 6.61 Å². The number of ether oxygens (including phenoxy) is 2. The number of benzene rings is 2. The standard InChI is InChI=1S/C21H21NO4/c23-19(22-20(15-6-7-15)14-4-2-1-3-5-14)13-26-21(24)17-8-9-18-16(12-17)10-11-25-18/h1-5,8-9,12,15,20H,6-7,10-11,13H2,(H,22,23). The molecule has 2 aromatic rings. The Balaban J connectivity index is 1.34. The van der Waals surface area contributed by atoms with E-state index in [1.54, 1.807) is 18.2 Å². The summed E-state index contributed by atoms with van der Waals surface area (Å²) in [5, 5.41) is 3.01. The molecule has 1 aliphatic heterocycles. The molecule has 1 fully saturated rings. The fraction of sp³-hybridized carbons (Fsp3) is 0.333. The van der Waals surface area contributed by atoms with Crippen LogP contribution in [0.2, 0.25) is 0 Å². The second-order valence-electron chi connectivity index (χ2n) is 6.79. The van der Waals surface area contributed by atoms with Gasteiger partial charge in [0.1, 0.15) is 5.75 Å². The molecule has 1 amide bonds. The monoisotopic (exact) mass is 351 g/mol. The van der Waals surface area contributed by atoms with Gasteiger partial charge in [-0.25, -0.2) is 4.79 Å². The Morgan fingerprint density at radius 2 is 1.96 bits per heavy atom. The molecule has 1 atom stereocenters. The molecule has 1 heterocycles. The number of fused-ring (bicyclic) bond motifs is 1. The van der Waals surface area contributed by atoms with Gasteiger partial charge in [0.25, 0.3) is 5.91 Å². The predicted octanol–water partition coefficient (Wildman–Crippen LogP) is 3.05. The van der Waals surface area contributed by atoms with Crippen molar-refractivity contribution in [1.29, 1.82) is 0 Å². The number of nitrogens with one attached hydrogen (secondary N) is 1. The summed E-state index contributed by atoms with van der Waals surface area (Å²) in [6.45, 7) is 0.362. The van der Waals surface area contributed by atoms with Gasteiger partial charge in [-0.15, -0.1) is 0 Å². The molecule has 5 nitrogen and oxygen atoms in total. The molecule has 0 saturated heterocycles. The van der Waals surface area contributed by atoms with Crippen LogP contribution in [-0.2, 0) is 16.0 Å². The third-order valence-corrected chi connectivity index (χ3v) is 4.83. The number of rotatable bonds is 6. The quantitative estimate of drug-likeness (QED) is 0.813. The average molecular weight is 351 g/mol. The van der Waals surface area contributed by atoms with Crippen LogP contribution < -0.4 is 10.1 Å². The Labute approximate surface area is 152 Å². The van der Waals surface area contributed by atoms with E-state index in [0.29, 0.717) is 18.1 Å². The highest BCUT2D eigenvalue weighted by Crippen LogP contribution is 2.40. The maximum atomic E-state index is 12.3. The predicted molar refractivity (Wildman–Crippen MR) is 96.0 cm³/mol. The Morgan fingerprint density at radius 1 is 1.15 bits per heavy atom. The molecule has 0 bridgehead atoms. The molecule has 2 aromatic carbocycles. The van der Waals surface area contributed by atoms with E-state index in [9.17, 15) is 9.59 Å². The largest absolute Gasteiger partial charge is 0.493 e. The lowest BCUT2D eigenvalue weighted by atomic mass is 10.0. The van der Waals surface area contributed by atoms with Gasteiger partial charge in [0.05, 0.1) is 18.2 Å². The third kappa shape index (κ3) is 3.72. The molecule has 1 unspecified atom stereocenters. The normalized spacial score (nSPS) is 16.3. The molecule has 0 aromatic heterocycles. The SMILES string of the molecule is O=C(COC(=O)c1ccc2c(c1)CCO2)NC(c1ccccc1)C1CC1. The van der Waals surface area contributed by atoms with Gasteiger partial charge in [0, 0.05) is 6.42 Å². The molecule has 5 heteroatoms. The zero-order valence-corrected chi connectivity index (χ0v) is 14.4. The maximum absolute atomic E-state index is 12.3. The van der Waals surface area contributed by atoms with Crippen molar-refractivity contribution in [3.05, 3.63) is 65.2 Å². The lowest BCUT2D eigenvalue weighted by Crippen LogP contribution is -2.33. The molecule has 0 spiro atoms. The van der Waals surface area contributed by atoms with E-state index in [-0.39, 0.29) is 18.6 Å². The lowest BCUT2D eigenvalue weighted by molar-refractivity contribution is -0.125. The highest BCUT2D eigenvalue weighted by Gasteiger charge is 2.33. The molecule has 4 rings (SSSR count). The molecule has 26 heavy (non-hydrogen) atoms. The van der Waals surface area contributed by atoms with Crippen LogP contribution in [0.3, 0.4) is 0 Å². The molecule has 134 valence electrons.